The molecule has 2 aromatic rings. The van der Waals surface area contributed by atoms with Crippen molar-refractivity contribution in [3.63, 3.8) is 0 Å². The number of thiazole rings is 1. The van der Waals surface area contributed by atoms with E-state index in [4.69, 9.17) is 4.74 Å². The molecule has 0 bridgehead atoms. The highest BCUT2D eigenvalue weighted by Crippen LogP contribution is 2.30. The van der Waals surface area contributed by atoms with E-state index in [0.29, 0.717) is 0 Å². The maximum absolute atomic E-state index is 5.21. The van der Waals surface area contributed by atoms with Gasteiger partial charge in [0.1, 0.15) is 5.75 Å². The van der Waals surface area contributed by atoms with Crippen molar-refractivity contribution in [3.05, 3.63) is 58.6 Å². The van der Waals surface area contributed by atoms with Crippen LogP contribution in [0.15, 0.2) is 53.7 Å². The summed E-state index contributed by atoms with van der Waals surface area (Å²) in [5, 5.41) is 4.35. The Bertz CT molecular complexity index is 814. The van der Waals surface area contributed by atoms with E-state index in [1.807, 2.05) is 84.9 Å². The maximum atomic E-state index is 5.21. The number of unbranched alkanes of at least 4 members (excludes halogenated alkanes) is 1. The zero-order chi connectivity index (χ0) is 26.4. The Morgan fingerprint density at radius 2 is 1.71 bits per heavy atom. The number of aromatic nitrogens is 1. The Morgan fingerprint density at radius 3 is 2.18 bits per heavy atom. The largest absolute Gasteiger partial charge is 0.497 e. The molecule has 1 aromatic carbocycles. The van der Waals surface area contributed by atoms with Gasteiger partial charge in [-0.1, -0.05) is 60.6 Å². The summed E-state index contributed by atoms with van der Waals surface area (Å²) in [4.78, 5) is 10.3. The van der Waals surface area contributed by atoms with Crippen molar-refractivity contribution in [2.24, 2.45) is 4.99 Å². The molecule has 0 radical (unpaired) electrons. The summed E-state index contributed by atoms with van der Waals surface area (Å²) in [5.74, 6) is 0.835. The van der Waals surface area contributed by atoms with Crippen molar-refractivity contribution >= 4 is 17.0 Å². The predicted molar refractivity (Wildman–Crippen MR) is 156 cm³/mol. The first-order valence-electron chi connectivity index (χ1n) is 12.7. The van der Waals surface area contributed by atoms with Crippen molar-refractivity contribution in [2.45, 2.75) is 81.6 Å². The first kappa shape index (κ1) is 33.9. The van der Waals surface area contributed by atoms with Gasteiger partial charge in [0.25, 0.3) is 0 Å². The van der Waals surface area contributed by atoms with Gasteiger partial charge in [-0.25, -0.2) is 4.98 Å². The number of nitrogens with zero attached hydrogens (tertiary/aromatic N) is 2. The Kier molecular flexibility index (Phi) is 22.5. The fourth-order valence-corrected chi connectivity index (χ4v) is 3.59. The summed E-state index contributed by atoms with van der Waals surface area (Å²) >= 11 is 1.64. The molecule has 192 valence electrons. The third kappa shape index (κ3) is 14.1. The average Bonchev–Trinajstić information content (AvgIpc) is 3.26. The van der Waals surface area contributed by atoms with Gasteiger partial charge in [-0.05, 0) is 77.0 Å². The lowest BCUT2D eigenvalue weighted by Crippen LogP contribution is -2.15. The standard InChI is InChI=1S/C18H20N2OS.C7H17N.2C2H6/c1-6-7-16(19-12(2)3)18-17(20-13(4)22-18)14-8-10-15(21-5)11-9-14;1-3-5-7-8-6-4-2;2*1-2/h6-11H,2H2,1,3-5H3;8H,3-7H2,1-2H3;2*1-2H3/b7-6-,19-16?;;;. The van der Waals surface area contributed by atoms with Crippen LogP contribution in [0.3, 0.4) is 0 Å². The second kappa shape index (κ2) is 22.5. The Labute approximate surface area is 214 Å². The minimum absolute atomic E-state index is 0.778. The van der Waals surface area contributed by atoms with Crippen molar-refractivity contribution in [2.75, 3.05) is 20.2 Å². The van der Waals surface area contributed by atoms with E-state index in [0.717, 1.165) is 38.3 Å². The number of aliphatic imine (C=N–C) groups is 1. The molecule has 0 aliphatic carbocycles. The van der Waals surface area contributed by atoms with E-state index in [2.05, 4.69) is 35.7 Å². The lowest BCUT2D eigenvalue weighted by atomic mass is 10.1. The monoisotopic (exact) mass is 487 g/mol. The number of allylic oxidation sites excluding steroid dienone is 3. The average molecular weight is 488 g/mol. The Balaban J connectivity index is 0. The zero-order valence-electron chi connectivity index (χ0n) is 23.4. The molecule has 1 heterocycles. The number of hydrogen-bond acceptors (Lipinski definition) is 5. The van der Waals surface area contributed by atoms with E-state index in [9.17, 15) is 0 Å². The number of hydrogen-bond donors (Lipinski definition) is 1. The van der Waals surface area contributed by atoms with E-state index in [1.54, 1.807) is 18.4 Å². The molecule has 5 heteroatoms. The van der Waals surface area contributed by atoms with Gasteiger partial charge in [0.15, 0.2) is 0 Å². The van der Waals surface area contributed by atoms with Gasteiger partial charge in [0.2, 0.25) is 0 Å². The SMILES string of the molecule is C=C(C)N=C(/C=C\C)c1sc(C)nc1-c1ccc(OC)cc1.CC.CC.CCCCNCCC. The van der Waals surface area contributed by atoms with E-state index in [-0.39, 0.29) is 0 Å². The molecule has 0 atom stereocenters. The van der Waals surface area contributed by atoms with Gasteiger partial charge in [0, 0.05) is 11.3 Å². The minimum atomic E-state index is 0.778. The Hall–Kier alpha value is -2.24. The summed E-state index contributed by atoms with van der Waals surface area (Å²) < 4.78 is 5.21. The molecule has 0 amide bonds. The number of ether oxygens (including phenoxy) is 1. The summed E-state index contributed by atoms with van der Waals surface area (Å²) in [5.41, 5.74) is 3.67. The van der Waals surface area contributed by atoms with E-state index in [1.165, 1.54) is 32.4 Å². The molecule has 0 saturated heterocycles. The summed E-state index contributed by atoms with van der Waals surface area (Å²) in [7, 11) is 1.66. The van der Waals surface area contributed by atoms with Crippen molar-refractivity contribution < 1.29 is 4.74 Å². The van der Waals surface area contributed by atoms with Crippen LogP contribution < -0.4 is 10.1 Å². The van der Waals surface area contributed by atoms with E-state index < -0.39 is 0 Å². The quantitative estimate of drug-likeness (QED) is 0.269. The molecular weight excluding hydrogens is 438 g/mol. The predicted octanol–water partition coefficient (Wildman–Crippen LogP) is 8.86. The van der Waals surface area contributed by atoms with Crippen LogP contribution in [0.4, 0.5) is 0 Å². The van der Waals surface area contributed by atoms with Gasteiger partial charge in [-0.15, -0.1) is 11.3 Å². The lowest BCUT2D eigenvalue weighted by Gasteiger charge is -2.05. The molecule has 34 heavy (non-hydrogen) atoms. The third-order valence-electron chi connectivity index (χ3n) is 4.10. The summed E-state index contributed by atoms with van der Waals surface area (Å²) in [6.07, 6.45) is 7.85. The van der Waals surface area contributed by atoms with Crippen LogP contribution in [-0.4, -0.2) is 30.9 Å². The fourth-order valence-electron chi connectivity index (χ4n) is 2.68. The first-order valence-corrected chi connectivity index (χ1v) is 13.5. The van der Waals surface area contributed by atoms with Gasteiger partial charge in [0.05, 0.1) is 28.4 Å². The van der Waals surface area contributed by atoms with Gasteiger partial charge < -0.3 is 10.1 Å². The number of rotatable bonds is 10. The molecule has 1 aromatic heterocycles. The molecule has 0 spiro atoms. The van der Waals surface area contributed by atoms with Gasteiger partial charge >= 0.3 is 0 Å². The smallest absolute Gasteiger partial charge is 0.118 e. The number of aryl methyl sites for hydroxylation is 1. The Morgan fingerprint density at radius 1 is 1.09 bits per heavy atom. The molecule has 2 rings (SSSR count). The van der Waals surface area contributed by atoms with Crippen molar-refractivity contribution in [1.29, 1.82) is 0 Å². The highest BCUT2D eigenvalue weighted by atomic mass is 32.1. The van der Waals surface area contributed by atoms with Crippen molar-refractivity contribution in [1.82, 2.24) is 10.3 Å². The second-order valence-electron chi connectivity index (χ2n) is 6.97. The molecular formula is C29H49N3OS. The summed E-state index contributed by atoms with van der Waals surface area (Å²) in [6.45, 7) is 24.6. The fraction of sp³-hybridized carbons (Fsp3) is 0.517. The molecule has 0 fully saturated rings. The van der Waals surface area contributed by atoms with Crippen LogP contribution in [0.5, 0.6) is 5.75 Å². The number of benzene rings is 1. The third-order valence-corrected chi connectivity index (χ3v) is 5.09. The van der Waals surface area contributed by atoms with Crippen LogP contribution in [0.2, 0.25) is 0 Å². The van der Waals surface area contributed by atoms with Crippen LogP contribution >= 0.6 is 11.3 Å². The van der Waals surface area contributed by atoms with Crippen LogP contribution in [0.25, 0.3) is 11.3 Å². The molecule has 0 saturated carbocycles. The van der Waals surface area contributed by atoms with Gasteiger partial charge in [-0.3, -0.25) is 4.99 Å². The lowest BCUT2D eigenvalue weighted by molar-refractivity contribution is 0.415. The first-order chi connectivity index (χ1) is 16.5. The topological polar surface area (TPSA) is 46.5 Å². The van der Waals surface area contributed by atoms with Crippen LogP contribution in [-0.2, 0) is 0 Å². The molecule has 0 aliphatic heterocycles. The number of methoxy groups -OCH3 is 1. The molecule has 1 N–H and O–H groups in total. The maximum Gasteiger partial charge on any atom is 0.118 e. The highest BCUT2D eigenvalue weighted by Gasteiger charge is 2.15. The minimum Gasteiger partial charge on any atom is -0.497 e. The highest BCUT2D eigenvalue weighted by molar-refractivity contribution is 7.14. The zero-order valence-corrected chi connectivity index (χ0v) is 24.2. The normalized spacial score (nSPS) is 10.4. The van der Waals surface area contributed by atoms with Crippen LogP contribution in [0.1, 0.15) is 84.5 Å². The molecule has 0 unspecified atom stereocenters. The second-order valence-corrected chi connectivity index (χ2v) is 8.18. The molecule has 4 nitrogen and oxygen atoms in total. The van der Waals surface area contributed by atoms with E-state index >= 15 is 0 Å². The molecule has 0 aliphatic rings. The number of nitrogens with one attached hydrogen (secondary N) is 1. The summed E-state index contributed by atoms with van der Waals surface area (Å²) in [6, 6.07) is 7.92. The van der Waals surface area contributed by atoms with Gasteiger partial charge in [-0.2, -0.15) is 0 Å². The van der Waals surface area contributed by atoms with Crippen LogP contribution in [0, 0.1) is 6.92 Å². The van der Waals surface area contributed by atoms with Crippen molar-refractivity contribution in [3.8, 4) is 17.0 Å².